The lowest BCUT2D eigenvalue weighted by Gasteiger charge is -2.45. The molecule has 52 heavy (non-hydrogen) atoms. The minimum Gasteiger partial charge on any atom is -0.478 e. The Hall–Kier alpha value is -3.48. The van der Waals surface area contributed by atoms with Crippen molar-refractivity contribution >= 4 is 40.9 Å². The van der Waals surface area contributed by atoms with E-state index in [1.54, 1.807) is 6.20 Å². The van der Waals surface area contributed by atoms with Gasteiger partial charge < -0.3 is 14.1 Å². The summed E-state index contributed by atoms with van der Waals surface area (Å²) in [4.78, 5) is 12.6. The lowest BCUT2D eigenvalue weighted by molar-refractivity contribution is -0.0820. The first-order valence-corrected chi connectivity index (χ1v) is 21.1. The van der Waals surface area contributed by atoms with Crippen LogP contribution in [0.1, 0.15) is 62.8 Å². The Balaban J connectivity index is 1.19. The molecule has 6 nitrogen and oxygen atoms in total. The van der Waals surface area contributed by atoms with Gasteiger partial charge in [0.1, 0.15) is 17.2 Å². The molecule has 0 saturated carbocycles. The molecule has 1 N–H and O–H groups in total. The predicted molar refractivity (Wildman–Crippen MR) is 207 cm³/mol. The zero-order chi connectivity index (χ0) is 36.5. The standard InChI is InChI=1S/C41H49F3N4O2SSi/c1-29-24-34-33-18-11-12-19-35(33)46-37(34)38(39-45-25-36(51-39)50-30-20-23-47(26-30)22-13-21-42)48(29)27-41(43,44)28-49-52(40(2,3)4,31-14-7-5-8-15-31)32-16-9-6-10-17-32/h5-12,14-19,25,29-30,38,46H,13,20-24,26-28H2,1-4H3/t29-,30-,38+/m1/s1. The van der Waals surface area contributed by atoms with E-state index in [4.69, 9.17) is 14.1 Å². The van der Waals surface area contributed by atoms with E-state index in [-0.39, 0.29) is 18.8 Å². The van der Waals surface area contributed by atoms with Gasteiger partial charge in [-0.2, -0.15) is 0 Å². The third-order valence-corrected chi connectivity index (χ3v) is 16.6. The molecular weight excluding hydrogens is 698 g/mol. The molecule has 0 bridgehead atoms. The molecule has 0 amide bonds. The number of aromatic nitrogens is 2. The first-order chi connectivity index (χ1) is 25.0. The number of ether oxygens (including phenoxy) is 1. The number of nitrogens with zero attached hydrogens (tertiary/aromatic N) is 3. The lowest BCUT2D eigenvalue weighted by Crippen LogP contribution is -2.67. The zero-order valence-electron chi connectivity index (χ0n) is 30.5. The van der Waals surface area contributed by atoms with E-state index >= 15 is 8.78 Å². The number of H-pyrrole nitrogens is 1. The molecule has 0 aliphatic carbocycles. The highest BCUT2D eigenvalue weighted by molar-refractivity contribution is 7.13. The lowest BCUT2D eigenvalue weighted by atomic mass is 9.92. The number of likely N-dealkylation sites (tertiary alicyclic amines) is 1. The van der Waals surface area contributed by atoms with Gasteiger partial charge in [0.2, 0.25) is 0 Å². The fourth-order valence-electron chi connectivity index (χ4n) is 8.30. The van der Waals surface area contributed by atoms with Crippen molar-refractivity contribution < 1.29 is 22.3 Å². The van der Waals surface area contributed by atoms with Gasteiger partial charge in [-0.3, -0.25) is 14.2 Å². The number of nitrogens with one attached hydrogen (secondary N) is 1. The Morgan fingerprint density at radius 3 is 2.31 bits per heavy atom. The van der Waals surface area contributed by atoms with E-state index < -0.39 is 38.5 Å². The monoisotopic (exact) mass is 746 g/mol. The van der Waals surface area contributed by atoms with Gasteiger partial charge in [0.15, 0.2) is 5.06 Å². The van der Waals surface area contributed by atoms with Gasteiger partial charge in [0.25, 0.3) is 14.2 Å². The SMILES string of the molecule is C[C@@H]1Cc2c([nH]c3ccccc23)[C@@H](c2ncc(O[C@@H]3CCN(CCCF)C3)s2)N1CC(F)(F)CO[Si](c1ccccc1)(c1ccccc1)C(C)(C)C. The maximum absolute atomic E-state index is 16.8. The summed E-state index contributed by atoms with van der Waals surface area (Å²) >= 11 is 1.42. The summed E-state index contributed by atoms with van der Waals surface area (Å²) < 4.78 is 59.5. The number of hydrogen-bond acceptors (Lipinski definition) is 6. The van der Waals surface area contributed by atoms with Crippen LogP contribution < -0.4 is 15.1 Å². The molecule has 0 spiro atoms. The smallest absolute Gasteiger partial charge is 0.282 e. The largest absolute Gasteiger partial charge is 0.478 e. The second-order valence-electron chi connectivity index (χ2n) is 15.4. The van der Waals surface area contributed by atoms with E-state index in [1.807, 2.05) is 90.7 Å². The molecule has 0 unspecified atom stereocenters. The van der Waals surface area contributed by atoms with E-state index in [0.29, 0.717) is 22.9 Å². The summed E-state index contributed by atoms with van der Waals surface area (Å²) in [5.74, 6) is -3.17. The minimum atomic E-state index is -3.18. The molecule has 2 aliphatic heterocycles. The van der Waals surface area contributed by atoms with Crippen molar-refractivity contribution in [1.29, 1.82) is 0 Å². The van der Waals surface area contributed by atoms with Gasteiger partial charge in [-0.15, -0.1) is 0 Å². The quantitative estimate of drug-likeness (QED) is 0.124. The normalized spacial score (nSPS) is 20.4. The molecule has 3 aromatic carbocycles. The Kier molecular flexibility index (Phi) is 10.7. The van der Waals surface area contributed by atoms with Crippen molar-refractivity contribution in [3.8, 4) is 5.06 Å². The average Bonchev–Trinajstić information content (AvgIpc) is 3.87. The summed E-state index contributed by atoms with van der Waals surface area (Å²) in [7, 11) is -3.18. The second kappa shape index (κ2) is 15.1. The fraction of sp³-hybridized carbons (Fsp3) is 0.439. The van der Waals surface area contributed by atoms with E-state index in [1.165, 1.54) is 11.3 Å². The van der Waals surface area contributed by atoms with E-state index in [2.05, 4.69) is 36.7 Å². The summed E-state index contributed by atoms with van der Waals surface area (Å²) in [6.45, 7) is 9.15. The van der Waals surface area contributed by atoms with Crippen molar-refractivity contribution in [2.75, 3.05) is 39.5 Å². The van der Waals surface area contributed by atoms with Crippen molar-refractivity contribution in [2.24, 2.45) is 0 Å². The van der Waals surface area contributed by atoms with Crippen LogP contribution in [0.3, 0.4) is 0 Å². The van der Waals surface area contributed by atoms with Crippen molar-refractivity contribution in [3.63, 3.8) is 0 Å². The van der Waals surface area contributed by atoms with Gasteiger partial charge in [-0.25, -0.2) is 13.8 Å². The number of fused-ring (bicyclic) bond motifs is 3. The maximum Gasteiger partial charge on any atom is 0.282 e. The summed E-state index contributed by atoms with van der Waals surface area (Å²) in [5, 5.41) is 4.02. The van der Waals surface area contributed by atoms with Crippen LogP contribution >= 0.6 is 11.3 Å². The number of halogens is 3. The van der Waals surface area contributed by atoms with Gasteiger partial charge in [-0.05, 0) is 53.2 Å². The van der Waals surface area contributed by atoms with Crippen LogP contribution in [0.2, 0.25) is 5.04 Å². The molecule has 4 heterocycles. The van der Waals surface area contributed by atoms with Gasteiger partial charge in [-0.1, -0.05) is 111 Å². The van der Waals surface area contributed by atoms with E-state index in [9.17, 15) is 4.39 Å². The number of hydrogen-bond donors (Lipinski definition) is 1. The fourth-order valence-corrected chi connectivity index (χ4v) is 13.9. The van der Waals surface area contributed by atoms with Crippen LogP contribution in [-0.2, 0) is 10.8 Å². The molecular formula is C41H49F3N4O2SSi. The third-order valence-electron chi connectivity index (χ3n) is 10.7. The van der Waals surface area contributed by atoms with Crippen molar-refractivity contribution in [1.82, 2.24) is 19.8 Å². The number of rotatable bonds is 13. The molecule has 0 radical (unpaired) electrons. The molecule has 1 fully saturated rings. The van der Waals surface area contributed by atoms with Crippen LogP contribution in [0.5, 0.6) is 5.06 Å². The summed E-state index contributed by atoms with van der Waals surface area (Å²) in [6, 6.07) is 27.3. The summed E-state index contributed by atoms with van der Waals surface area (Å²) in [5.41, 5.74) is 3.04. The molecule has 276 valence electrons. The number of aromatic amines is 1. The minimum absolute atomic E-state index is 0.0131. The maximum atomic E-state index is 16.8. The van der Waals surface area contributed by atoms with Gasteiger partial charge in [0.05, 0.1) is 26.0 Å². The van der Waals surface area contributed by atoms with Crippen LogP contribution in [-0.4, -0.2) is 85.6 Å². The van der Waals surface area contributed by atoms with Crippen LogP contribution in [0, 0.1) is 0 Å². The summed E-state index contributed by atoms with van der Waals surface area (Å²) in [6.07, 6.45) is 3.73. The highest BCUT2D eigenvalue weighted by Gasteiger charge is 2.52. The Morgan fingerprint density at radius 2 is 1.63 bits per heavy atom. The first kappa shape index (κ1) is 36.9. The number of para-hydroxylation sites is 1. The molecule has 5 aromatic rings. The molecule has 3 atom stereocenters. The van der Waals surface area contributed by atoms with Crippen LogP contribution in [0.25, 0.3) is 10.9 Å². The van der Waals surface area contributed by atoms with E-state index in [0.717, 1.165) is 58.6 Å². The highest BCUT2D eigenvalue weighted by Crippen LogP contribution is 2.45. The molecule has 2 aromatic heterocycles. The third kappa shape index (κ3) is 7.35. The van der Waals surface area contributed by atoms with Crippen molar-refractivity contribution in [3.05, 3.63) is 107 Å². The topological polar surface area (TPSA) is 53.6 Å². The first-order valence-electron chi connectivity index (χ1n) is 18.4. The number of thiazole rings is 1. The Morgan fingerprint density at radius 1 is 0.962 bits per heavy atom. The second-order valence-corrected chi connectivity index (χ2v) is 20.7. The van der Waals surface area contributed by atoms with Crippen molar-refractivity contribution in [2.45, 2.75) is 76.1 Å². The molecule has 1 saturated heterocycles. The predicted octanol–water partition coefficient (Wildman–Crippen LogP) is 7.99. The number of alkyl halides is 3. The highest BCUT2D eigenvalue weighted by atomic mass is 32.1. The van der Waals surface area contributed by atoms with Gasteiger partial charge >= 0.3 is 0 Å². The molecule has 7 rings (SSSR count). The Labute approximate surface area is 310 Å². The zero-order valence-corrected chi connectivity index (χ0v) is 32.3. The average molecular weight is 747 g/mol. The van der Waals surface area contributed by atoms with Gasteiger partial charge in [0, 0.05) is 42.3 Å². The number of benzene rings is 3. The molecule has 11 heteroatoms. The Bertz CT molecular complexity index is 1890. The van der Waals surface area contributed by atoms with Crippen LogP contribution in [0.15, 0.2) is 91.1 Å². The van der Waals surface area contributed by atoms with Crippen LogP contribution in [0.4, 0.5) is 13.2 Å². The molecule has 2 aliphatic rings.